The summed E-state index contributed by atoms with van der Waals surface area (Å²) in [4.78, 5) is 0. The van der Waals surface area contributed by atoms with E-state index in [1.807, 2.05) is 0 Å². The van der Waals surface area contributed by atoms with Gasteiger partial charge in [0, 0.05) is 0 Å². The second kappa shape index (κ2) is 11.2. The normalized spacial score (nSPS) is 14.6. The van der Waals surface area contributed by atoms with Crippen molar-refractivity contribution < 1.29 is 12.3 Å². The van der Waals surface area contributed by atoms with E-state index in [0.717, 1.165) is 0 Å². The molecule has 0 amide bonds. The molecule has 0 aliphatic carbocycles. The minimum absolute atomic E-state index is 1.23. The molecule has 0 spiro atoms. The molecule has 0 unspecified atom stereocenters. The minimum Gasteiger partial charge on any atom is -0.456 e. The smallest absolute Gasteiger partial charge is 0.173 e. The first-order valence-corrected chi connectivity index (χ1v) is 30.8. The van der Waals surface area contributed by atoms with Crippen molar-refractivity contribution in [2.45, 2.75) is 123 Å². The fourth-order valence-electron chi connectivity index (χ4n) is 3.62. The molecule has 0 rings (SSSR count). The van der Waals surface area contributed by atoms with Gasteiger partial charge in [0.1, 0.15) is 0 Å². The molecule has 172 valence electrons. The van der Waals surface area contributed by atoms with Gasteiger partial charge in [0.2, 0.25) is 0 Å². The van der Waals surface area contributed by atoms with Crippen molar-refractivity contribution >= 4 is 49.9 Å². The van der Waals surface area contributed by atoms with E-state index < -0.39 is 49.9 Å². The predicted molar refractivity (Wildman–Crippen MR) is 146 cm³/mol. The van der Waals surface area contributed by atoms with Crippen LogP contribution in [0.4, 0.5) is 0 Å². The first-order chi connectivity index (χ1) is 11.8. The third kappa shape index (κ3) is 25.2. The Morgan fingerprint density at radius 1 is 0.357 bits per heavy atom. The molecule has 0 aliphatic rings. The molecule has 0 aliphatic heterocycles. The van der Waals surface area contributed by atoms with Gasteiger partial charge in [0.25, 0.3) is 0 Å². The summed E-state index contributed by atoms with van der Waals surface area (Å²) >= 11 is 0. The maximum Gasteiger partial charge on any atom is 0.173 e. The van der Waals surface area contributed by atoms with Crippen molar-refractivity contribution in [2.75, 3.05) is 0 Å². The quantitative estimate of drug-likeness (QED) is 0.284. The van der Waals surface area contributed by atoms with Crippen LogP contribution in [0, 0.1) is 0 Å². The minimum atomic E-state index is -1.46. The van der Waals surface area contributed by atoms with Gasteiger partial charge in [0.15, 0.2) is 49.9 Å². The highest BCUT2D eigenvalue weighted by Crippen LogP contribution is 2.25. The number of hydrogen-bond acceptors (Lipinski definition) is 3. The van der Waals surface area contributed by atoms with Crippen LogP contribution in [0.1, 0.15) is 6.42 Å². The fourth-order valence-corrected chi connectivity index (χ4v) is 27.5. The maximum atomic E-state index is 6.40. The zero-order valence-corrected chi connectivity index (χ0v) is 28.3. The second-order valence-electron chi connectivity index (χ2n) is 13.1. The topological polar surface area (TPSA) is 27.7 Å². The Kier molecular flexibility index (Phi) is 12.5. The van der Waals surface area contributed by atoms with E-state index in [2.05, 4.69) is 105 Å². The Morgan fingerprint density at radius 3 is 0.714 bits per heavy atom. The lowest BCUT2D eigenvalue weighted by atomic mass is 10.6. The number of rotatable bonds is 10. The van der Waals surface area contributed by atoms with Gasteiger partial charge >= 0.3 is 0 Å². The van der Waals surface area contributed by atoms with E-state index in [4.69, 9.17) is 12.3 Å². The third-order valence-electron chi connectivity index (χ3n) is 3.34. The molecule has 0 radical (unpaired) electrons. The van der Waals surface area contributed by atoms with Gasteiger partial charge in [-0.3, -0.25) is 0 Å². The Hall–Kier alpha value is 1.18. The molecule has 0 N–H and O–H groups in total. The summed E-state index contributed by atoms with van der Waals surface area (Å²) in [5.41, 5.74) is 0. The predicted octanol–water partition coefficient (Wildman–Crippen LogP) is 8.16. The van der Waals surface area contributed by atoms with Gasteiger partial charge in [0.05, 0.1) is 0 Å². The third-order valence-corrected chi connectivity index (χ3v) is 20.7. The average molecular weight is 499 g/mol. The molecule has 0 atom stereocenters. The molecule has 0 saturated carbocycles. The van der Waals surface area contributed by atoms with Crippen LogP contribution in [0.25, 0.3) is 0 Å². The summed E-state index contributed by atoms with van der Waals surface area (Å²) in [5, 5.41) is 0. The first-order valence-electron chi connectivity index (χ1n) is 10.9. The van der Waals surface area contributed by atoms with Crippen LogP contribution in [0.15, 0.2) is 0 Å². The van der Waals surface area contributed by atoms with Gasteiger partial charge < -0.3 is 12.3 Å². The molecule has 28 heavy (non-hydrogen) atoms. The number of hydrogen-bond donors (Lipinski definition) is 0. The van der Waals surface area contributed by atoms with Crippen molar-refractivity contribution in [3.05, 3.63) is 0 Å². The molecule has 0 fully saturated rings. The largest absolute Gasteiger partial charge is 0.456 e. The fraction of sp³-hybridized carbons (Fsp3) is 1.00. The lowest BCUT2D eigenvalue weighted by Crippen LogP contribution is -2.44. The summed E-state index contributed by atoms with van der Waals surface area (Å²) in [6.07, 6.45) is 1.29. The van der Waals surface area contributed by atoms with E-state index in [0.29, 0.717) is 0 Å². The van der Waals surface area contributed by atoms with Crippen LogP contribution in [0.5, 0.6) is 0 Å². The van der Waals surface area contributed by atoms with E-state index in [1.165, 1.54) is 18.5 Å². The molecule has 0 aromatic rings. The van der Waals surface area contributed by atoms with Gasteiger partial charge in [-0.1, -0.05) is 6.42 Å². The highest BCUT2D eigenvalue weighted by atomic mass is 28.4. The van der Waals surface area contributed by atoms with Crippen LogP contribution in [-0.2, 0) is 12.3 Å². The van der Waals surface area contributed by atoms with Crippen molar-refractivity contribution in [3.8, 4) is 0 Å². The SMILES string of the molecule is C[Si](C)(C)O[Si](C)(C)C.C[Si](C)(C)O[Si](C)(C)CCC[Si](C)(C)O[Si](C)(C)C. The van der Waals surface area contributed by atoms with Gasteiger partial charge in [-0.25, -0.2) is 0 Å². The highest BCUT2D eigenvalue weighted by molar-refractivity contribution is 6.85. The van der Waals surface area contributed by atoms with Crippen molar-refractivity contribution in [1.29, 1.82) is 0 Å². The molecule has 9 heteroatoms. The molecular weight excluding hydrogens is 445 g/mol. The zero-order valence-electron chi connectivity index (χ0n) is 22.3. The van der Waals surface area contributed by atoms with E-state index in [-0.39, 0.29) is 0 Å². The molecule has 0 aromatic carbocycles. The molecule has 0 saturated heterocycles. The summed E-state index contributed by atoms with van der Waals surface area (Å²) < 4.78 is 18.7. The van der Waals surface area contributed by atoms with Gasteiger partial charge in [-0.05, 0) is 117 Å². The van der Waals surface area contributed by atoms with E-state index in [1.54, 1.807) is 0 Å². The first kappa shape index (κ1) is 31.4. The van der Waals surface area contributed by atoms with Crippen LogP contribution in [0.3, 0.4) is 0 Å². The Bertz CT molecular complexity index is 401. The standard InChI is InChI=1S/C13H36O2Si4.C6H18OSi2/c1-16(2,3)14-18(7,8)12-11-13-19(9,10)15-17(4,5)6;1-8(2,3)7-9(4,5)6/h11-13H2,1-10H3;1-6H3. The van der Waals surface area contributed by atoms with E-state index in [9.17, 15) is 0 Å². The second-order valence-corrected chi connectivity index (χ2v) is 40.5. The van der Waals surface area contributed by atoms with Crippen LogP contribution in [0.2, 0.25) is 117 Å². The zero-order chi connectivity index (χ0) is 23.2. The summed E-state index contributed by atoms with van der Waals surface area (Å²) in [6, 6.07) is 2.56. The molecular formula is C19H54O3Si6. The Balaban J connectivity index is 0. The monoisotopic (exact) mass is 498 g/mol. The van der Waals surface area contributed by atoms with E-state index >= 15 is 0 Å². The summed E-state index contributed by atoms with van der Waals surface area (Å²) in [5.74, 6) is 0. The molecule has 0 bridgehead atoms. The van der Waals surface area contributed by atoms with Crippen molar-refractivity contribution in [3.63, 3.8) is 0 Å². The van der Waals surface area contributed by atoms with Crippen molar-refractivity contribution in [1.82, 2.24) is 0 Å². The molecule has 0 aromatic heterocycles. The van der Waals surface area contributed by atoms with Gasteiger partial charge in [-0.15, -0.1) is 0 Å². The molecule has 0 heterocycles. The Labute approximate surface area is 185 Å². The summed E-state index contributed by atoms with van der Waals surface area (Å²) in [6.45, 7) is 36.7. The maximum absolute atomic E-state index is 6.40. The molecule has 3 nitrogen and oxygen atoms in total. The van der Waals surface area contributed by atoms with Crippen LogP contribution >= 0.6 is 0 Å². The lowest BCUT2D eigenvalue weighted by molar-refractivity contribution is 0.534. The Morgan fingerprint density at radius 2 is 0.571 bits per heavy atom. The highest BCUT2D eigenvalue weighted by Gasteiger charge is 2.32. The van der Waals surface area contributed by atoms with Crippen molar-refractivity contribution in [2.24, 2.45) is 0 Å². The van der Waals surface area contributed by atoms with Gasteiger partial charge in [-0.2, -0.15) is 0 Å². The van der Waals surface area contributed by atoms with Crippen LogP contribution in [-0.4, -0.2) is 49.9 Å². The average Bonchev–Trinajstić information content (AvgIpc) is 2.14. The van der Waals surface area contributed by atoms with Crippen LogP contribution < -0.4 is 0 Å². The lowest BCUT2D eigenvalue weighted by Gasteiger charge is -2.34. The summed E-state index contributed by atoms with van der Waals surface area (Å²) in [7, 11) is -8.13.